The molecular weight excluding hydrogens is 274 g/mol. The number of aromatic nitrogens is 1. The average molecular weight is 284 g/mol. The van der Waals surface area contributed by atoms with Crippen LogP contribution in [0.5, 0.6) is 11.8 Å². The van der Waals surface area contributed by atoms with Gasteiger partial charge in [0.25, 0.3) is 0 Å². The van der Waals surface area contributed by atoms with Crippen molar-refractivity contribution in [2.45, 2.75) is 13.5 Å². The number of aliphatic hydroxyl groups excluding tert-OH is 1. The molecule has 4 nitrogen and oxygen atoms in total. The number of benzene rings is 1. The van der Waals surface area contributed by atoms with Gasteiger partial charge in [-0.15, -0.1) is 0 Å². The van der Waals surface area contributed by atoms with Crippen molar-refractivity contribution in [3.05, 3.63) is 40.2 Å². The summed E-state index contributed by atoms with van der Waals surface area (Å²) in [5.74, 6) is 0.622. The summed E-state index contributed by atoms with van der Waals surface area (Å²) in [5, 5.41) is 8.82. The number of aliphatic hydroxyl groups is 1. The topological polar surface area (TPSA) is 55.5 Å². The molecule has 2 rings (SSSR count). The monoisotopic (exact) mass is 283 g/mol. The maximum absolute atomic E-state index is 8.82. The lowest BCUT2D eigenvalue weighted by atomic mass is 10.2. The van der Waals surface area contributed by atoms with Crippen molar-refractivity contribution in [3.63, 3.8) is 0 Å². The Balaban J connectivity index is 2.20. The summed E-state index contributed by atoms with van der Waals surface area (Å²) in [5.41, 5.74) is 1.57. The van der Waals surface area contributed by atoms with Crippen LogP contribution in [-0.4, -0.2) is 10.1 Å². The Morgan fingerprint density at radius 2 is 2.31 bits per heavy atom. The smallest absolute Gasteiger partial charge is 0.399 e. The van der Waals surface area contributed by atoms with Crippen LogP contribution in [-0.2, 0) is 6.61 Å². The summed E-state index contributed by atoms with van der Waals surface area (Å²) in [7, 11) is 0. The van der Waals surface area contributed by atoms with Gasteiger partial charge in [-0.25, -0.2) is 0 Å². The molecule has 0 aliphatic carbocycles. The van der Waals surface area contributed by atoms with Crippen LogP contribution in [0.2, 0.25) is 0 Å². The van der Waals surface area contributed by atoms with Crippen LogP contribution in [0.1, 0.15) is 11.3 Å². The molecular formula is C11H10BrNO3. The summed E-state index contributed by atoms with van der Waals surface area (Å²) >= 11 is 3.38. The number of ether oxygens (including phenoxy) is 1. The first-order valence-corrected chi connectivity index (χ1v) is 5.47. The second kappa shape index (κ2) is 4.67. The molecule has 0 saturated heterocycles. The van der Waals surface area contributed by atoms with Gasteiger partial charge in [-0.3, -0.25) is 0 Å². The number of halogens is 1. The van der Waals surface area contributed by atoms with Gasteiger partial charge < -0.3 is 14.3 Å². The maximum atomic E-state index is 8.82. The number of hydrogen-bond acceptors (Lipinski definition) is 4. The van der Waals surface area contributed by atoms with E-state index in [0.717, 1.165) is 10.0 Å². The standard InChI is InChI=1S/C11H10BrNO3/c1-7-2-3-10(9(12)4-7)16-11-13-8(5-14)6-15-11/h2-4,6,14H,5H2,1H3. The van der Waals surface area contributed by atoms with E-state index >= 15 is 0 Å². The zero-order valence-electron chi connectivity index (χ0n) is 8.61. The number of aryl methyl sites for hydroxylation is 1. The highest BCUT2D eigenvalue weighted by Crippen LogP contribution is 2.29. The average Bonchev–Trinajstić information content (AvgIpc) is 2.70. The van der Waals surface area contributed by atoms with Crippen LogP contribution in [0.15, 0.2) is 33.4 Å². The second-order valence-electron chi connectivity index (χ2n) is 3.30. The lowest BCUT2D eigenvalue weighted by Crippen LogP contribution is -1.87. The molecule has 0 fully saturated rings. The normalized spacial score (nSPS) is 10.4. The van der Waals surface area contributed by atoms with Crippen LogP contribution in [0.25, 0.3) is 0 Å². The Morgan fingerprint density at radius 3 is 2.94 bits per heavy atom. The van der Waals surface area contributed by atoms with Crippen LogP contribution in [0.4, 0.5) is 0 Å². The first kappa shape index (κ1) is 11.2. The van der Waals surface area contributed by atoms with E-state index in [4.69, 9.17) is 14.3 Å². The number of hydrogen-bond donors (Lipinski definition) is 1. The van der Waals surface area contributed by atoms with Gasteiger partial charge in [0.2, 0.25) is 0 Å². The molecule has 1 aromatic heterocycles. The summed E-state index contributed by atoms with van der Waals surface area (Å²) in [6, 6.07) is 5.68. The molecule has 1 heterocycles. The molecule has 0 bridgehead atoms. The van der Waals surface area contributed by atoms with E-state index in [1.807, 2.05) is 25.1 Å². The minimum Gasteiger partial charge on any atom is -0.417 e. The molecule has 0 aliphatic heterocycles. The fourth-order valence-electron chi connectivity index (χ4n) is 1.19. The largest absolute Gasteiger partial charge is 0.417 e. The van der Waals surface area contributed by atoms with Crippen LogP contribution in [0.3, 0.4) is 0 Å². The zero-order valence-corrected chi connectivity index (χ0v) is 10.2. The Morgan fingerprint density at radius 1 is 1.50 bits per heavy atom. The first-order valence-electron chi connectivity index (χ1n) is 4.68. The van der Waals surface area contributed by atoms with E-state index in [2.05, 4.69) is 20.9 Å². The molecule has 84 valence electrons. The van der Waals surface area contributed by atoms with E-state index < -0.39 is 0 Å². The second-order valence-corrected chi connectivity index (χ2v) is 4.15. The van der Waals surface area contributed by atoms with Crippen molar-refractivity contribution in [1.29, 1.82) is 0 Å². The van der Waals surface area contributed by atoms with Crippen LogP contribution in [0, 0.1) is 6.92 Å². The van der Waals surface area contributed by atoms with E-state index in [1.54, 1.807) is 0 Å². The first-order chi connectivity index (χ1) is 7.69. The van der Waals surface area contributed by atoms with Crippen molar-refractivity contribution >= 4 is 15.9 Å². The van der Waals surface area contributed by atoms with Gasteiger partial charge in [-0.2, -0.15) is 4.98 Å². The van der Waals surface area contributed by atoms with Crippen molar-refractivity contribution in [2.75, 3.05) is 0 Å². The molecule has 0 radical (unpaired) electrons. The predicted molar refractivity (Wildman–Crippen MR) is 61.4 cm³/mol. The predicted octanol–water partition coefficient (Wildman–Crippen LogP) is 3.03. The molecule has 0 unspecified atom stereocenters. The van der Waals surface area contributed by atoms with E-state index in [1.165, 1.54) is 6.26 Å². The highest BCUT2D eigenvalue weighted by molar-refractivity contribution is 9.10. The van der Waals surface area contributed by atoms with Gasteiger partial charge in [-0.1, -0.05) is 6.07 Å². The Labute approximate surface area is 101 Å². The van der Waals surface area contributed by atoms with Gasteiger partial charge in [0.15, 0.2) is 0 Å². The molecule has 0 aliphatic rings. The highest BCUT2D eigenvalue weighted by atomic mass is 79.9. The Kier molecular flexibility index (Phi) is 3.26. The van der Waals surface area contributed by atoms with Crippen LogP contribution < -0.4 is 4.74 Å². The molecule has 1 N–H and O–H groups in total. The summed E-state index contributed by atoms with van der Waals surface area (Å²) in [4.78, 5) is 3.93. The SMILES string of the molecule is Cc1ccc(Oc2nc(CO)co2)c(Br)c1. The third-order valence-electron chi connectivity index (χ3n) is 1.98. The quantitative estimate of drug-likeness (QED) is 0.941. The Bertz CT molecular complexity index is 496. The maximum Gasteiger partial charge on any atom is 0.399 e. The van der Waals surface area contributed by atoms with Crippen molar-refractivity contribution < 1.29 is 14.3 Å². The molecule has 2 aromatic rings. The van der Waals surface area contributed by atoms with E-state index in [0.29, 0.717) is 11.4 Å². The van der Waals surface area contributed by atoms with Crippen molar-refractivity contribution in [2.24, 2.45) is 0 Å². The number of oxazole rings is 1. The van der Waals surface area contributed by atoms with Crippen molar-refractivity contribution in [1.82, 2.24) is 4.98 Å². The fraction of sp³-hybridized carbons (Fsp3) is 0.182. The summed E-state index contributed by atoms with van der Waals surface area (Å²) < 4.78 is 11.3. The lowest BCUT2D eigenvalue weighted by molar-refractivity contribution is 0.276. The third-order valence-corrected chi connectivity index (χ3v) is 2.60. The molecule has 0 spiro atoms. The third kappa shape index (κ3) is 2.43. The van der Waals surface area contributed by atoms with E-state index in [9.17, 15) is 0 Å². The number of nitrogens with zero attached hydrogens (tertiary/aromatic N) is 1. The minimum atomic E-state index is -0.165. The molecule has 1 aromatic carbocycles. The molecule has 0 saturated carbocycles. The highest BCUT2D eigenvalue weighted by Gasteiger charge is 2.08. The van der Waals surface area contributed by atoms with Crippen LogP contribution >= 0.6 is 15.9 Å². The van der Waals surface area contributed by atoms with Gasteiger partial charge in [-0.05, 0) is 40.5 Å². The van der Waals surface area contributed by atoms with Gasteiger partial charge >= 0.3 is 6.08 Å². The summed E-state index contributed by atoms with van der Waals surface area (Å²) in [6.45, 7) is 1.82. The zero-order chi connectivity index (χ0) is 11.5. The number of rotatable bonds is 3. The van der Waals surface area contributed by atoms with Gasteiger partial charge in [0.1, 0.15) is 17.7 Å². The molecule has 16 heavy (non-hydrogen) atoms. The Hall–Kier alpha value is -1.33. The molecule has 0 atom stereocenters. The van der Waals surface area contributed by atoms with Gasteiger partial charge in [0, 0.05) is 0 Å². The van der Waals surface area contributed by atoms with Crippen molar-refractivity contribution in [3.8, 4) is 11.8 Å². The summed E-state index contributed by atoms with van der Waals surface area (Å²) in [6.07, 6.45) is 1.48. The lowest BCUT2D eigenvalue weighted by Gasteiger charge is -2.03. The van der Waals surface area contributed by atoms with E-state index in [-0.39, 0.29) is 12.7 Å². The minimum absolute atomic E-state index is 0.119. The molecule has 5 heteroatoms. The fourth-order valence-corrected chi connectivity index (χ4v) is 1.76. The molecule has 0 amide bonds. The van der Waals surface area contributed by atoms with Gasteiger partial charge in [0.05, 0.1) is 11.1 Å².